The Bertz CT molecular complexity index is 501. The van der Waals surface area contributed by atoms with E-state index in [0.717, 1.165) is 25.2 Å². The Hall–Kier alpha value is -1.53. The minimum Gasteiger partial charge on any atom is -0.341 e. The van der Waals surface area contributed by atoms with Gasteiger partial charge in [-0.2, -0.15) is 0 Å². The first-order chi connectivity index (χ1) is 9.87. The number of nitrogens with zero attached hydrogens (tertiary/aromatic N) is 4. The number of rotatable bonds is 4. The molecule has 1 amide bonds. The lowest BCUT2D eigenvalue weighted by Gasteiger charge is -2.37. The van der Waals surface area contributed by atoms with E-state index in [9.17, 15) is 13.6 Å². The normalized spacial score (nSPS) is 20.1. The smallest absolute Gasteiger partial charge is 0.252 e. The monoisotopic (exact) mass is 300 g/mol. The molecule has 21 heavy (non-hydrogen) atoms. The number of alkyl halides is 2. The van der Waals surface area contributed by atoms with Gasteiger partial charge in [-0.1, -0.05) is 0 Å². The molecule has 0 spiro atoms. The Morgan fingerprint density at radius 2 is 2.24 bits per heavy atom. The highest BCUT2D eigenvalue weighted by Gasteiger charge is 2.42. The van der Waals surface area contributed by atoms with E-state index in [1.807, 2.05) is 11.5 Å². The molecular weight excluding hydrogens is 278 g/mol. The molecule has 2 rings (SSSR count). The van der Waals surface area contributed by atoms with E-state index in [2.05, 4.69) is 10.2 Å². The SMILES string of the molecule is CCn1cnnc1C1CCCN(C(=O)C(C)(C)C(F)F)C1. The van der Waals surface area contributed by atoms with Gasteiger partial charge in [-0.3, -0.25) is 4.79 Å². The van der Waals surface area contributed by atoms with Crippen LogP contribution in [0.15, 0.2) is 6.33 Å². The summed E-state index contributed by atoms with van der Waals surface area (Å²) < 4.78 is 28.0. The van der Waals surface area contributed by atoms with Gasteiger partial charge in [0, 0.05) is 25.6 Å². The number of piperidine rings is 1. The molecule has 0 saturated carbocycles. The first kappa shape index (κ1) is 15.9. The predicted octanol–water partition coefficient (Wildman–Crippen LogP) is 2.30. The Balaban J connectivity index is 2.13. The Labute approximate surface area is 123 Å². The average molecular weight is 300 g/mol. The van der Waals surface area contributed by atoms with Crippen molar-refractivity contribution in [2.24, 2.45) is 5.41 Å². The van der Waals surface area contributed by atoms with Crippen LogP contribution in [-0.2, 0) is 11.3 Å². The molecule has 2 heterocycles. The van der Waals surface area contributed by atoms with Crippen molar-refractivity contribution >= 4 is 5.91 Å². The van der Waals surface area contributed by atoms with Crippen molar-refractivity contribution in [1.29, 1.82) is 0 Å². The maximum atomic E-state index is 13.0. The summed E-state index contributed by atoms with van der Waals surface area (Å²) in [6.07, 6.45) is 0.702. The van der Waals surface area contributed by atoms with Crippen LogP contribution in [0.4, 0.5) is 8.78 Å². The van der Waals surface area contributed by atoms with Crippen molar-refractivity contribution in [2.45, 2.75) is 52.5 Å². The molecule has 0 N–H and O–H groups in total. The lowest BCUT2D eigenvalue weighted by atomic mass is 9.89. The molecule has 0 radical (unpaired) electrons. The van der Waals surface area contributed by atoms with Gasteiger partial charge in [0.2, 0.25) is 5.91 Å². The topological polar surface area (TPSA) is 51.0 Å². The molecule has 1 aliphatic heterocycles. The van der Waals surface area contributed by atoms with E-state index in [4.69, 9.17) is 0 Å². The van der Waals surface area contributed by atoms with Gasteiger partial charge in [0.15, 0.2) is 0 Å². The van der Waals surface area contributed by atoms with Crippen molar-refractivity contribution in [1.82, 2.24) is 19.7 Å². The number of amides is 1. The summed E-state index contributed by atoms with van der Waals surface area (Å²) in [5, 5.41) is 8.03. The molecule has 1 aromatic heterocycles. The fourth-order valence-electron chi connectivity index (χ4n) is 2.70. The minimum absolute atomic E-state index is 0.0682. The lowest BCUT2D eigenvalue weighted by Crippen LogP contribution is -2.48. The van der Waals surface area contributed by atoms with Gasteiger partial charge in [-0.15, -0.1) is 10.2 Å². The summed E-state index contributed by atoms with van der Waals surface area (Å²) in [5.74, 6) is 0.424. The van der Waals surface area contributed by atoms with E-state index < -0.39 is 17.7 Å². The molecule has 5 nitrogen and oxygen atoms in total. The van der Waals surface area contributed by atoms with Crippen LogP contribution in [0.25, 0.3) is 0 Å². The number of aromatic nitrogens is 3. The van der Waals surface area contributed by atoms with E-state index in [1.54, 1.807) is 11.2 Å². The van der Waals surface area contributed by atoms with Crippen molar-refractivity contribution in [3.05, 3.63) is 12.2 Å². The third-order valence-electron chi connectivity index (χ3n) is 4.16. The van der Waals surface area contributed by atoms with Crippen molar-refractivity contribution in [3.63, 3.8) is 0 Å². The first-order valence-electron chi connectivity index (χ1n) is 7.33. The summed E-state index contributed by atoms with van der Waals surface area (Å²) >= 11 is 0. The number of carbonyl (C=O) groups is 1. The molecule has 0 aliphatic carbocycles. The molecule has 1 fully saturated rings. The second-order valence-electron chi connectivity index (χ2n) is 6.09. The van der Waals surface area contributed by atoms with Gasteiger partial charge in [-0.05, 0) is 33.6 Å². The van der Waals surface area contributed by atoms with E-state index >= 15 is 0 Å². The fourth-order valence-corrected chi connectivity index (χ4v) is 2.70. The Morgan fingerprint density at radius 3 is 2.86 bits per heavy atom. The number of halogens is 2. The third-order valence-corrected chi connectivity index (χ3v) is 4.16. The van der Waals surface area contributed by atoms with Gasteiger partial charge in [0.05, 0.1) is 0 Å². The van der Waals surface area contributed by atoms with Crippen molar-refractivity contribution in [2.75, 3.05) is 13.1 Å². The minimum atomic E-state index is -2.66. The molecule has 0 aromatic carbocycles. The number of likely N-dealkylation sites (tertiary alicyclic amines) is 1. The second-order valence-corrected chi connectivity index (χ2v) is 6.09. The van der Waals surface area contributed by atoms with Gasteiger partial charge in [-0.25, -0.2) is 8.78 Å². The zero-order chi connectivity index (χ0) is 15.6. The summed E-state index contributed by atoms with van der Waals surface area (Å²) in [6.45, 7) is 6.34. The predicted molar refractivity (Wildman–Crippen MR) is 74.0 cm³/mol. The molecule has 7 heteroatoms. The molecule has 0 bridgehead atoms. The highest BCUT2D eigenvalue weighted by Crippen LogP contribution is 2.32. The zero-order valence-corrected chi connectivity index (χ0v) is 12.7. The highest BCUT2D eigenvalue weighted by atomic mass is 19.3. The number of hydrogen-bond donors (Lipinski definition) is 0. The maximum absolute atomic E-state index is 13.0. The molecular formula is C14H22F2N4O. The van der Waals surface area contributed by atoms with Crippen molar-refractivity contribution in [3.8, 4) is 0 Å². The van der Waals surface area contributed by atoms with Crippen LogP contribution in [0.3, 0.4) is 0 Å². The molecule has 1 atom stereocenters. The maximum Gasteiger partial charge on any atom is 0.252 e. The van der Waals surface area contributed by atoms with Crippen LogP contribution >= 0.6 is 0 Å². The molecule has 1 aromatic rings. The van der Waals surface area contributed by atoms with Gasteiger partial charge < -0.3 is 9.47 Å². The van der Waals surface area contributed by atoms with Crippen LogP contribution < -0.4 is 0 Å². The molecule has 1 aliphatic rings. The molecule has 1 unspecified atom stereocenters. The quantitative estimate of drug-likeness (QED) is 0.857. The first-order valence-corrected chi connectivity index (χ1v) is 7.33. The van der Waals surface area contributed by atoms with Crippen molar-refractivity contribution < 1.29 is 13.6 Å². The van der Waals surface area contributed by atoms with Crippen LogP contribution in [-0.4, -0.2) is 45.1 Å². The number of aryl methyl sites for hydroxylation is 1. The Morgan fingerprint density at radius 1 is 1.52 bits per heavy atom. The van der Waals surface area contributed by atoms with Crippen LogP contribution in [0.2, 0.25) is 0 Å². The summed E-state index contributed by atoms with van der Waals surface area (Å²) in [5.41, 5.74) is -1.64. The largest absolute Gasteiger partial charge is 0.341 e. The summed E-state index contributed by atoms with van der Waals surface area (Å²) in [4.78, 5) is 13.9. The van der Waals surface area contributed by atoms with Gasteiger partial charge in [0.25, 0.3) is 6.43 Å². The highest BCUT2D eigenvalue weighted by molar-refractivity contribution is 5.82. The zero-order valence-electron chi connectivity index (χ0n) is 12.7. The van der Waals surface area contributed by atoms with Gasteiger partial charge >= 0.3 is 0 Å². The summed E-state index contributed by atoms with van der Waals surface area (Å²) in [7, 11) is 0. The number of hydrogen-bond acceptors (Lipinski definition) is 3. The van der Waals surface area contributed by atoms with Gasteiger partial charge in [0.1, 0.15) is 17.6 Å². The van der Waals surface area contributed by atoms with E-state index in [0.29, 0.717) is 13.1 Å². The molecule has 118 valence electrons. The second kappa shape index (κ2) is 6.07. The van der Waals surface area contributed by atoms with Crippen LogP contribution in [0.5, 0.6) is 0 Å². The van der Waals surface area contributed by atoms with E-state index in [1.165, 1.54) is 13.8 Å². The summed E-state index contributed by atoms with van der Waals surface area (Å²) in [6, 6.07) is 0. The fraction of sp³-hybridized carbons (Fsp3) is 0.786. The van der Waals surface area contributed by atoms with E-state index in [-0.39, 0.29) is 5.92 Å². The third kappa shape index (κ3) is 3.06. The number of carbonyl (C=O) groups excluding carboxylic acids is 1. The van der Waals surface area contributed by atoms with Crippen LogP contribution in [0, 0.1) is 5.41 Å². The molecule has 1 saturated heterocycles. The Kier molecular flexibility index (Phi) is 4.58. The lowest BCUT2D eigenvalue weighted by molar-refractivity contribution is -0.150. The average Bonchev–Trinajstić information content (AvgIpc) is 2.94. The standard InChI is InChI=1S/C14H22F2N4O/c1-4-19-9-17-18-11(19)10-6-5-7-20(8-10)13(21)14(2,3)12(15)16/h9-10,12H,4-8H2,1-3H3. The van der Waals surface area contributed by atoms with Crippen LogP contribution in [0.1, 0.15) is 45.4 Å².